The van der Waals surface area contributed by atoms with E-state index in [-0.39, 0.29) is 18.0 Å². The number of hydrogen-bond acceptors (Lipinski definition) is 4. The smallest absolute Gasteiger partial charge is 0.321 e. The van der Waals surface area contributed by atoms with Gasteiger partial charge >= 0.3 is 6.03 Å². The van der Waals surface area contributed by atoms with E-state index in [1.165, 1.54) is 13.3 Å². The van der Waals surface area contributed by atoms with Crippen LogP contribution in [0.25, 0.3) is 0 Å². The monoisotopic (exact) mass is 354 g/mol. The van der Waals surface area contributed by atoms with Gasteiger partial charge in [-0.15, -0.1) is 0 Å². The van der Waals surface area contributed by atoms with E-state index in [4.69, 9.17) is 4.74 Å². The summed E-state index contributed by atoms with van der Waals surface area (Å²) in [7, 11) is 1.53. The maximum Gasteiger partial charge on any atom is 0.321 e. The van der Waals surface area contributed by atoms with Crippen molar-refractivity contribution in [3.63, 3.8) is 0 Å². The molecule has 7 heteroatoms. The molecule has 0 aliphatic carbocycles. The number of piperidine rings is 1. The Morgan fingerprint density at radius 3 is 2.46 bits per heavy atom. The van der Waals surface area contributed by atoms with E-state index in [1.54, 1.807) is 17.0 Å². The second-order valence-corrected chi connectivity index (χ2v) is 6.12. The molecular formula is C19H22N4O3. The largest absolute Gasteiger partial charge is 0.481 e. The predicted octanol–water partition coefficient (Wildman–Crippen LogP) is 2.52. The van der Waals surface area contributed by atoms with Gasteiger partial charge in [-0.25, -0.2) is 9.78 Å². The standard InChI is InChI=1S/C19H22N4O3/c1-26-17-8-7-14(13-20-17)18(24)21-16-9-11-23(12-10-16)19(25)22-15-5-3-2-4-6-15/h2-8,13,16H,9-12H2,1H3,(H,21,24)(H,22,25). The van der Waals surface area contributed by atoms with Crippen LogP contribution >= 0.6 is 0 Å². The van der Waals surface area contributed by atoms with Crippen LogP contribution in [0, 0.1) is 0 Å². The SMILES string of the molecule is COc1ccc(C(=O)NC2CCN(C(=O)Nc3ccccc3)CC2)cn1. The van der Waals surface area contributed by atoms with Crippen LogP contribution in [0.5, 0.6) is 5.88 Å². The van der Waals surface area contributed by atoms with Crippen LogP contribution in [-0.4, -0.2) is 48.1 Å². The number of nitrogens with one attached hydrogen (secondary N) is 2. The second-order valence-electron chi connectivity index (χ2n) is 6.12. The highest BCUT2D eigenvalue weighted by molar-refractivity contribution is 5.94. The molecule has 2 heterocycles. The molecule has 3 rings (SSSR count). The normalized spacial score (nSPS) is 14.6. The number of rotatable bonds is 4. The molecule has 1 saturated heterocycles. The minimum absolute atomic E-state index is 0.0466. The predicted molar refractivity (Wildman–Crippen MR) is 98.3 cm³/mol. The number of carbonyl (C=O) groups excluding carboxylic acids is 2. The van der Waals surface area contributed by atoms with Crippen LogP contribution in [0.1, 0.15) is 23.2 Å². The fourth-order valence-electron chi connectivity index (χ4n) is 2.86. The number of amides is 3. The Labute approximate surface area is 152 Å². The minimum Gasteiger partial charge on any atom is -0.481 e. The quantitative estimate of drug-likeness (QED) is 0.884. The first kappa shape index (κ1) is 17.7. The highest BCUT2D eigenvalue weighted by Crippen LogP contribution is 2.14. The number of pyridine rings is 1. The van der Waals surface area contributed by atoms with Gasteiger partial charge in [-0.1, -0.05) is 18.2 Å². The Kier molecular flexibility index (Phi) is 5.68. The molecule has 0 atom stereocenters. The molecule has 0 saturated carbocycles. The lowest BCUT2D eigenvalue weighted by Crippen LogP contribution is -2.47. The van der Waals surface area contributed by atoms with Crippen LogP contribution in [0.4, 0.5) is 10.5 Å². The number of para-hydroxylation sites is 1. The average Bonchev–Trinajstić information content (AvgIpc) is 2.69. The summed E-state index contributed by atoms with van der Waals surface area (Å²) in [6, 6.07) is 12.7. The van der Waals surface area contributed by atoms with E-state index in [0.717, 1.165) is 18.5 Å². The van der Waals surface area contributed by atoms with E-state index in [1.807, 2.05) is 30.3 Å². The van der Waals surface area contributed by atoms with Crippen molar-refractivity contribution in [1.29, 1.82) is 0 Å². The molecule has 0 radical (unpaired) electrons. The van der Waals surface area contributed by atoms with Gasteiger partial charge in [0.05, 0.1) is 12.7 Å². The summed E-state index contributed by atoms with van der Waals surface area (Å²) in [6.07, 6.45) is 2.94. The number of methoxy groups -OCH3 is 1. The average molecular weight is 354 g/mol. The number of likely N-dealkylation sites (tertiary alicyclic amines) is 1. The zero-order chi connectivity index (χ0) is 18.4. The topological polar surface area (TPSA) is 83.6 Å². The van der Waals surface area contributed by atoms with Crippen molar-refractivity contribution in [2.24, 2.45) is 0 Å². The van der Waals surface area contributed by atoms with E-state index in [9.17, 15) is 9.59 Å². The fourth-order valence-corrected chi connectivity index (χ4v) is 2.86. The zero-order valence-electron chi connectivity index (χ0n) is 14.6. The Hall–Kier alpha value is -3.09. The van der Waals surface area contributed by atoms with Gasteiger partial charge in [-0.3, -0.25) is 4.79 Å². The molecule has 3 amide bonds. The number of benzene rings is 1. The molecule has 0 spiro atoms. The fraction of sp³-hybridized carbons (Fsp3) is 0.316. The first-order chi connectivity index (χ1) is 12.7. The summed E-state index contributed by atoms with van der Waals surface area (Å²) in [5, 5.41) is 5.89. The molecular weight excluding hydrogens is 332 g/mol. The van der Waals surface area contributed by atoms with Crippen molar-refractivity contribution >= 4 is 17.6 Å². The Morgan fingerprint density at radius 1 is 1.12 bits per heavy atom. The van der Waals surface area contributed by atoms with Crippen molar-refractivity contribution in [1.82, 2.24) is 15.2 Å². The Balaban J connectivity index is 1.47. The van der Waals surface area contributed by atoms with Gasteiger partial charge in [-0.05, 0) is 31.0 Å². The van der Waals surface area contributed by atoms with Crippen LogP contribution in [-0.2, 0) is 0 Å². The van der Waals surface area contributed by atoms with E-state index < -0.39 is 0 Å². The van der Waals surface area contributed by atoms with Crippen LogP contribution in [0.2, 0.25) is 0 Å². The molecule has 1 aliphatic heterocycles. The van der Waals surface area contributed by atoms with Gasteiger partial charge in [0, 0.05) is 37.1 Å². The number of nitrogens with zero attached hydrogens (tertiary/aromatic N) is 2. The molecule has 0 bridgehead atoms. The minimum atomic E-state index is -0.160. The summed E-state index contributed by atoms with van der Waals surface area (Å²) in [5.41, 5.74) is 1.27. The molecule has 0 unspecified atom stereocenters. The van der Waals surface area contributed by atoms with Crippen molar-refractivity contribution in [2.45, 2.75) is 18.9 Å². The van der Waals surface area contributed by atoms with Crippen LogP contribution in [0.15, 0.2) is 48.7 Å². The number of carbonyl (C=O) groups is 2. The van der Waals surface area contributed by atoms with Gasteiger partial charge in [0.1, 0.15) is 0 Å². The molecule has 1 aliphatic rings. The van der Waals surface area contributed by atoms with E-state index in [2.05, 4.69) is 15.6 Å². The maximum atomic E-state index is 12.3. The maximum absolute atomic E-state index is 12.3. The second kappa shape index (κ2) is 8.33. The van der Waals surface area contributed by atoms with Gasteiger partial charge in [0.2, 0.25) is 5.88 Å². The molecule has 26 heavy (non-hydrogen) atoms. The summed E-state index contributed by atoms with van der Waals surface area (Å²) in [6.45, 7) is 1.20. The van der Waals surface area contributed by atoms with Crippen molar-refractivity contribution in [2.75, 3.05) is 25.5 Å². The number of aromatic nitrogens is 1. The summed E-state index contributed by atoms with van der Waals surface area (Å²) >= 11 is 0. The third-order valence-electron chi connectivity index (χ3n) is 4.35. The highest BCUT2D eigenvalue weighted by Gasteiger charge is 2.24. The van der Waals surface area contributed by atoms with Crippen LogP contribution in [0.3, 0.4) is 0 Å². The first-order valence-corrected chi connectivity index (χ1v) is 8.57. The van der Waals surface area contributed by atoms with Gasteiger partial charge in [0.25, 0.3) is 5.91 Å². The van der Waals surface area contributed by atoms with Crippen molar-refractivity contribution in [3.8, 4) is 5.88 Å². The third kappa shape index (κ3) is 4.50. The molecule has 2 aromatic rings. The van der Waals surface area contributed by atoms with E-state index >= 15 is 0 Å². The van der Waals surface area contributed by atoms with Crippen LogP contribution < -0.4 is 15.4 Å². The van der Waals surface area contributed by atoms with Gasteiger partial charge in [0.15, 0.2) is 0 Å². The molecule has 1 aromatic carbocycles. The third-order valence-corrected chi connectivity index (χ3v) is 4.35. The lowest BCUT2D eigenvalue weighted by Gasteiger charge is -2.32. The summed E-state index contributed by atoms with van der Waals surface area (Å²) in [4.78, 5) is 30.4. The Bertz CT molecular complexity index is 741. The molecule has 136 valence electrons. The number of hydrogen-bond donors (Lipinski definition) is 2. The zero-order valence-corrected chi connectivity index (χ0v) is 14.6. The number of ether oxygens (including phenoxy) is 1. The van der Waals surface area contributed by atoms with E-state index in [0.29, 0.717) is 24.5 Å². The lowest BCUT2D eigenvalue weighted by atomic mass is 10.0. The molecule has 1 fully saturated rings. The Morgan fingerprint density at radius 2 is 1.85 bits per heavy atom. The summed E-state index contributed by atoms with van der Waals surface area (Å²) in [5.74, 6) is 0.312. The number of anilines is 1. The summed E-state index contributed by atoms with van der Waals surface area (Å²) < 4.78 is 4.99. The van der Waals surface area contributed by atoms with Gasteiger partial charge < -0.3 is 20.3 Å². The highest BCUT2D eigenvalue weighted by atomic mass is 16.5. The van der Waals surface area contributed by atoms with Gasteiger partial charge in [-0.2, -0.15) is 0 Å². The molecule has 7 nitrogen and oxygen atoms in total. The molecule has 2 N–H and O–H groups in total. The first-order valence-electron chi connectivity index (χ1n) is 8.57. The lowest BCUT2D eigenvalue weighted by molar-refractivity contribution is 0.0919. The molecule has 1 aromatic heterocycles. The van der Waals surface area contributed by atoms with Crippen molar-refractivity contribution < 1.29 is 14.3 Å². The van der Waals surface area contributed by atoms with Crippen molar-refractivity contribution in [3.05, 3.63) is 54.2 Å². The number of urea groups is 1.